The first-order valence-corrected chi connectivity index (χ1v) is 11.4. The Balaban J connectivity index is 1.54. The van der Waals surface area contributed by atoms with Crippen LogP contribution < -0.4 is 25.0 Å². The van der Waals surface area contributed by atoms with Crippen LogP contribution in [0.25, 0.3) is 6.08 Å². The van der Waals surface area contributed by atoms with Gasteiger partial charge in [0.15, 0.2) is 6.61 Å². The summed E-state index contributed by atoms with van der Waals surface area (Å²) >= 11 is 0. The Morgan fingerprint density at radius 1 is 0.973 bits per heavy atom. The molecule has 0 saturated carbocycles. The lowest BCUT2D eigenvalue weighted by molar-refractivity contribution is -0.122. The molecule has 2 N–H and O–H groups in total. The number of para-hydroxylation sites is 1. The molecule has 37 heavy (non-hydrogen) atoms. The minimum absolute atomic E-state index is 0.258. The normalized spacial score (nSPS) is 14.4. The van der Waals surface area contributed by atoms with Gasteiger partial charge in [-0.25, -0.2) is 9.69 Å². The first-order chi connectivity index (χ1) is 17.8. The molecule has 1 aliphatic heterocycles. The maximum atomic E-state index is 13.2. The van der Waals surface area contributed by atoms with Crippen LogP contribution in [0.5, 0.6) is 11.5 Å². The van der Waals surface area contributed by atoms with E-state index in [0.29, 0.717) is 22.7 Å². The highest BCUT2D eigenvalue weighted by atomic mass is 16.5. The van der Waals surface area contributed by atoms with E-state index in [2.05, 4.69) is 10.6 Å². The summed E-state index contributed by atoms with van der Waals surface area (Å²) in [6, 6.07) is 17.7. The molecule has 0 aliphatic carbocycles. The van der Waals surface area contributed by atoms with Gasteiger partial charge in [0.05, 0.1) is 12.8 Å². The SMILES string of the molecule is COc1ccc(N2C(=O)NC(=O)/C(=C\c3ccccc3OCC(=O)Nc3cccc(C)c3C)C2=O)cc1. The van der Waals surface area contributed by atoms with E-state index in [1.165, 1.54) is 25.3 Å². The summed E-state index contributed by atoms with van der Waals surface area (Å²) < 4.78 is 10.8. The van der Waals surface area contributed by atoms with Gasteiger partial charge in [0.25, 0.3) is 17.7 Å². The largest absolute Gasteiger partial charge is 0.497 e. The summed E-state index contributed by atoms with van der Waals surface area (Å²) in [5.41, 5.74) is 3.11. The quantitative estimate of drug-likeness (QED) is 0.375. The Morgan fingerprint density at radius 3 is 2.43 bits per heavy atom. The number of barbiturate groups is 1. The van der Waals surface area contributed by atoms with Crippen molar-refractivity contribution in [1.29, 1.82) is 0 Å². The van der Waals surface area contributed by atoms with Crippen molar-refractivity contribution in [3.8, 4) is 11.5 Å². The Labute approximate surface area is 213 Å². The Bertz CT molecular complexity index is 1410. The lowest BCUT2D eigenvalue weighted by Gasteiger charge is -2.26. The summed E-state index contributed by atoms with van der Waals surface area (Å²) in [7, 11) is 1.50. The van der Waals surface area contributed by atoms with Gasteiger partial charge in [0.2, 0.25) is 0 Å². The van der Waals surface area contributed by atoms with Crippen molar-refractivity contribution in [3.05, 3.63) is 89.0 Å². The molecule has 9 nitrogen and oxygen atoms in total. The Hall–Kier alpha value is -4.92. The van der Waals surface area contributed by atoms with Crippen LogP contribution in [0, 0.1) is 13.8 Å². The molecule has 0 unspecified atom stereocenters. The van der Waals surface area contributed by atoms with Crippen molar-refractivity contribution in [1.82, 2.24) is 5.32 Å². The van der Waals surface area contributed by atoms with Crippen LogP contribution in [0.1, 0.15) is 16.7 Å². The minimum Gasteiger partial charge on any atom is -0.497 e. The molecule has 0 spiro atoms. The number of ether oxygens (including phenoxy) is 2. The number of amides is 5. The zero-order chi connectivity index (χ0) is 26.5. The number of nitrogens with zero attached hydrogens (tertiary/aromatic N) is 1. The lowest BCUT2D eigenvalue weighted by Crippen LogP contribution is -2.54. The number of carbonyl (C=O) groups excluding carboxylic acids is 4. The number of aryl methyl sites for hydroxylation is 1. The fourth-order valence-electron chi connectivity index (χ4n) is 3.73. The smallest absolute Gasteiger partial charge is 0.335 e. The fraction of sp³-hybridized carbons (Fsp3) is 0.143. The molecule has 0 bridgehead atoms. The van der Waals surface area contributed by atoms with E-state index < -0.39 is 17.8 Å². The van der Waals surface area contributed by atoms with Gasteiger partial charge in [-0.1, -0.05) is 30.3 Å². The predicted octanol–water partition coefficient (Wildman–Crippen LogP) is 4.00. The standard InChI is InChI=1S/C28H25N3O6/c1-17-7-6-9-23(18(17)2)29-25(32)16-37-24-10-5-4-8-19(24)15-22-26(33)30-28(35)31(27(22)34)20-11-13-21(36-3)14-12-20/h4-15H,16H2,1-3H3,(H,29,32)(H,30,33,35)/b22-15+. The van der Waals surface area contributed by atoms with E-state index in [1.807, 2.05) is 32.0 Å². The van der Waals surface area contributed by atoms with E-state index in [4.69, 9.17) is 9.47 Å². The van der Waals surface area contributed by atoms with Crippen molar-refractivity contribution in [2.75, 3.05) is 23.9 Å². The second-order valence-electron chi connectivity index (χ2n) is 8.28. The molecule has 0 aromatic heterocycles. The molecule has 3 aromatic carbocycles. The van der Waals surface area contributed by atoms with Crippen molar-refractivity contribution in [2.45, 2.75) is 13.8 Å². The number of rotatable bonds is 7. The van der Waals surface area contributed by atoms with Crippen LogP contribution in [0.2, 0.25) is 0 Å². The number of methoxy groups -OCH3 is 1. The molecule has 1 fully saturated rings. The molecule has 5 amide bonds. The minimum atomic E-state index is -0.857. The maximum Gasteiger partial charge on any atom is 0.335 e. The third kappa shape index (κ3) is 5.51. The maximum absolute atomic E-state index is 13.2. The number of imide groups is 2. The van der Waals surface area contributed by atoms with Crippen LogP contribution >= 0.6 is 0 Å². The number of benzene rings is 3. The van der Waals surface area contributed by atoms with Gasteiger partial charge < -0.3 is 14.8 Å². The summed E-state index contributed by atoms with van der Waals surface area (Å²) in [6.07, 6.45) is 1.33. The monoisotopic (exact) mass is 499 g/mol. The van der Waals surface area contributed by atoms with Crippen LogP contribution in [-0.4, -0.2) is 37.5 Å². The van der Waals surface area contributed by atoms with E-state index in [9.17, 15) is 19.2 Å². The number of hydrogen-bond acceptors (Lipinski definition) is 6. The second kappa shape index (κ2) is 10.8. The van der Waals surface area contributed by atoms with Gasteiger partial charge in [-0.3, -0.25) is 19.7 Å². The van der Waals surface area contributed by atoms with Crippen LogP contribution in [0.4, 0.5) is 16.2 Å². The molecule has 1 heterocycles. The molecule has 9 heteroatoms. The molecule has 188 valence electrons. The van der Waals surface area contributed by atoms with E-state index in [1.54, 1.807) is 36.4 Å². The zero-order valence-electron chi connectivity index (χ0n) is 20.5. The first-order valence-electron chi connectivity index (χ1n) is 11.4. The van der Waals surface area contributed by atoms with Gasteiger partial charge in [-0.05, 0) is 67.4 Å². The van der Waals surface area contributed by atoms with E-state index in [-0.39, 0.29) is 23.8 Å². The average Bonchev–Trinajstić information content (AvgIpc) is 2.89. The van der Waals surface area contributed by atoms with Gasteiger partial charge in [-0.15, -0.1) is 0 Å². The highest BCUT2D eigenvalue weighted by molar-refractivity contribution is 6.39. The lowest BCUT2D eigenvalue weighted by atomic mass is 10.1. The molecule has 1 saturated heterocycles. The summed E-state index contributed by atoms with van der Waals surface area (Å²) in [5, 5.41) is 5.01. The van der Waals surface area contributed by atoms with Crippen molar-refractivity contribution in [3.63, 3.8) is 0 Å². The summed E-state index contributed by atoms with van der Waals surface area (Å²) in [6.45, 7) is 3.58. The molecule has 3 aromatic rings. The number of anilines is 2. The number of urea groups is 1. The highest BCUT2D eigenvalue weighted by Gasteiger charge is 2.37. The van der Waals surface area contributed by atoms with Crippen LogP contribution in [-0.2, 0) is 14.4 Å². The predicted molar refractivity (Wildman–Crippen MR) is 138 cm³/mol. The number of carbonyl (C=O) groups is 4. The molecule has 0 atom stereocenters. The molecule has 1 aliphatic rings. The van der Waals surface area contributed by atoms with Crippen LogP contribution in [0.15, 0.2) is 72.3 Å². The molecule has 0 radical (unpaired) electrons. The van der Waals surface area contributed by atoms with Gasteiger partial charge in [-0.2, -0.15) is 0 Å². The molecular weight excluding hydrogens is 474 g/mol. The van der Waals surface area contributed by atoms with E-state index >= 15 is 0 Å². The third-order valence-electron chi connectivity index (χ3n) is 5.89. The number of hydrogen-bond donors (Lipinski definition) is 2. The van der Waals surface area contributed by atoms with Crippen molar-refractivity contribution >= 4 is 41.2 Å². The van der Waals surface area contributed by atoms with Crippen LogP contribution in [0.3, 0.4) is 0 Å². The zero-order valence-corrected chi connectivity index (χ0v) is 20.5. The van der Waals surface area contributed by atoms with Gasteiger partial charge in [0, 0.05) is 11.3 Å². The first kappa shape index (κ1) is 25.2. The van der Waals surface area contributed by atoms with Crippen molar-refractivity contribution < 1.29 is 28.7 Å². The summed E-state index contributed by atoms with van der Waals surface area (Å²) in [4.78, 5) is 51.6. The Morgan fingerprint density at radius 2 is 1.70 bits per heavy atom. The number of nitrogens with one attached hydrogen (secondary N) is 2. The highest BCUT2D eigenvalue weighted by Crippen LogP contribution is 2.27. The van der Waals surface area contributed by atoms with Crippen molar-refractivity contribution in [2.24, 2.45) is 0 Å². The molecule has 4 rings (SSSR count). The Kier molecular flexibility index (Phi) is 7.34. The average molecular weight is 500 g/mol. The topological polar surface area (TPSA) is 114 Å². The van der Waals surface area contributed by atoms with Gasteiger partial charge >= 0.3 is 6.03 Å². The van der Waals surface area contributed by atoms with E-state index in [0.717, 1.165) is 16.0 Å². The molecular formula is C28H25N3O6. The fourth-order valence-corrected chi connectivity index (χ4v) is 3.73. The summed E-state index contributed by atoms with van der Waals surface area (Å²) in [5.74, 6) is -1.14. The third-order valence-corrected chi connectivity index (χ3v) is 5.89. The van der Waals surface area contributed by atoms with Gasteiger partial charge in [0.1, 0.15) is 17.1 Å². The second-order valence-corrected chi connectivity index (χ2v) is 8.28.